The van der Waals surface area contributed by atoms with Gasteiger partial charge < -0.3 is 0 Å². The van der Waals surface area contributed by atoms with Gasteiger partial charge in [-0.25, -0.2) is 5.43 Å². The molecule has 0 atom stereocenters. The highest BCUT2D eigenvalue weighted by Crippen LogP contribution is 2.11. The van der Waals surface area contributed by atoms with Gasteiger partial charge in [-0.1, -0.05) is 60.2 Å². The number of rotatable bonds is 6. The normalized spacial score (nSPS) is 11.3. The number of nitrogens with one attached hydrogen (secondary N) is 1. The molecule has 0 aromatic heterocycles. The molecule has 0 spiro atoms. The van der Waals surface area contributed by atoms with Gasteiger partial charge in [0.1, 0.15) is 0 Å². The van der Waals surface area contributed by atoms with Crippen molar-refractivity contribution < 1.29 is 4.79 Å². The van der Waals surface area contributed by atoms with E-state index in [4.69, 9.17) is 0 Å². The number of nitrogens with zero attached hydrogens (tertiary/aromatic N) is 1. The van der Waals surface area contributed by atoms with E-state index in [1.807, 2.05) is 56.3 Å². The molecule has 0 aliphatic heterocycles. The van der Waals surface area contributed by atoms with Crippen molar-refractivity contribution in [3.05, 3.63) is 71.3 Å². The molecule has 2 aromatic carbocycles. The molecule has 0 aliphatic carbocycles. The molecule has 2 rings (SSSR count). The van der Waals surface area contributed by atoms with Gasteiger partial charge in [0.15, 0.2) is 0 Å². The van der Waals surface area contributed by atoms with Gasteiger partial charge in [0.2, 0.25) is 5.91 Å². The number of aryl methyl sites for hydroxylation is 1. The van der Waals surface area contributed by atoms with Gasteiger partial charge in [0.05, 0.1) is 11.5 Å². The van der Waals surface area contributed by atoms with Crippen molar-refractivity contribution in [1.29, 1.82) is 0 Å². The van der Waals surface area contributed by atoms with Crippen LogP contribution < -0.4 is 5.43 Å². The first-order valence-corrected chi connectivity index (χ1v) is 8.32. The molecule has 22 heavy (non-hydrogen) atoms. The Balaban J connectivity index is 1.77. The maximum absolute atomic E-state index is 11.8. The molecule has 4 heteroatoms. The highest BCUT2D eigenvalue weighted by atomic mass is 32.2. The molecule has 0 saturated heterocycles. The van der Waals surface area contributed by atoms with Crippen LogP contribution in [0.3, 0.4) is 0 Å². The first-order chi connectivity index (χ1) is 10.6. The molecule has 0 unspecified atom stereocenters. The molecular weight excluding hydrogens is 292 g/mol. The van der Waals surface area contributed by atoms with Crippen molar-refractivity contribution in [2.45, 2.75) is 19.6 Å². The number of hydrogen-bond donors (Lipinski definition) is 1. The second-order valence-electron chi connectivity index (χ2n) is 5.08. The predicted molar refractivity (Wildman–Crippen MR) is 94.1 cm³/mol. The maximum Gasteiger partial charge on any atom is 0.250 e. The van der Waals surface area contributed by atoms with Crippen LogP contribution in [0.4, 0.5) is 0 Å². The number of hydrazone groups is 1. The Hall–Kier alpha value is -2.07. The third kappa shape index (κ3) is 5.37. The van der Waals surface area contributed by atoms with Gasteiger partial charge in [-0.05, 0) is 25.0 Å². The van der Waals surface area contributed by atoms with E-state index >= 15 is 0 Å². The molecule has 0 fully saturated rings. The van der Waals surface area contributed by atoms with E-state index in [1.165, 1.54) is 11.1 Å². The Morgan fingerprint density at radius 3 is 2.45 bits per heavy atom. The zero-order chi connectivity index (χ0) is 15.8. The number of amides is 1. The monoisotopic (exact) mass is 312 g/mol. The van der Waals surface area contributed by atoms with E-state index in [9.17, 15) is 4.79 Å². The van der Waals surface area contributed by atoms with Crippen LogP contribution in [-0.2, 0) is 10.5 Å². The average molecular weight is 312 g/mol. The van der Waals surface area contributed by atoms with Crippen molar-refractivity contribution >= 4 is 23.4 Å². The van der Waals surface area contributed by atoms with E-state index in [1.54, 1.807) is 11.8 Å². The zero-order valence-corrected chi connectivity index (χ0v) is 13.7. The third-order valence-corrected chi connectivity index (χ3v) is 4.17. The second-order valence-corrected chi connectivity index (χ2v) is 6.06. The Labute approximate surface area is 135 Å². The van der Waals surface area contributed by atoms with Gasteiger partial charge in [-0.15, -0.1) is 11.8 Å². The van der Waals surface area contributed by atoms with Gasteiger partial charge in [0.25, 0.3) is 0 Å². The van der Waals surface area contributed by atoms with Gasteiger partial charge in [0, 0.05) is 5.75 Å². The minimum absolute atomic E-state index is 0.0765. The molecule has 114 valence electrons. The minimum atomic E-state index is -0.0765. The number of thioether (sulfide) groups is 1. The van der Waals surface area contributed by atoms with Crippen LogP contribution in [0.25, 0.3) is 0 Å². The van der Waals surface area contributed by atoms with Crippen LogP contribution in [0.5, 0.6) is 0 Å². The van der Waals surface area contributed by atoms with Gasteiger partial charge in [-0.2, -0.15) is 5.10 Å². The van der Waals surface area contributed by atoms with Crippen LogP contribution in [0.2, 0.25) is 0 Å². The summed E-state index contributed by atoms with van der Waals surface area (Å²) in [7, 11) is 0. The summed E-state index contributed by atoms with van der Waals surface area (Å²) < 4.78 is 0. The first kappa shape index (κ1) is 16.3. The molecular formula is C18H20N2OS. The van der Waals surface area contributed by atoms with Crippen molar-refractivity contribution in [2.24, 2.45) is 5.10 Å². The van der Waals surface area contributed by atoms with E-state index in [0.29, 0.717) is 5.75 Å². The van der Waals surface area contributed by atoms with Gasteiger partial charge in [-0.3, -0.25) is 4.79 Å². The highest BCUT2D eigenvalue weighted by molar-refractivity contribution is 7.99. The van der Waals surface area contributed by atoms with Crippen LogP contribution in [-0.4, -0.2) is 17.4 Å². The molecule has 0 saturated carbocycles. The zero-order valence-electron chi connectivity index (χ0n) is 12.9. The largest absolute Gasteiger partial charge is 0.272 e. The number of benzene rings is 2. The predicted octanol–water partition coefficient (Wildman–Crippen LogP) is 3.77. The second kappa shape index (κ2) is 8.39. The summed E-state index contributed by atoms with van der Waals surface area (Å²) in [5, 5.41) is 4.15. The van der Waals surface area contributed by atoms with Crippen molar-refractivity contribution in [3.63, 3.8) is 0 Å². The lowest BCUT2D eigenvalue weighted by Crippen LogP contribution is -2.21. The molecule has 3 nitrogen and oxygen atoms in total. The number of hydrogen-bond acceptors (Lipinski definition) is 3. The SMILES string of the molecule is C/C(=N/NC(=O)CSCc1ccccc1)c1ccc(C)cc1. The van der Waals surface area contributed by atoms with E-state index in [0.717, 1.165) is 17.0 Å². The summed E-state index contributed by atoms with van der Waals surface area (Å²) in [6, 6.07) is 18.2. The lowest BCUT2D eigenvalue weighted by molar-refractivity contribution is -0.118. The van der Waals surface area contributed by atoms with Crippen molar-refractivity contribution in [3.8, 4) is 0 Å². The summed E-state index contributed by atoms with van der Waals surface area (Å²) in [4.78, 5) is 11.8. The number of carbonyl (C=O) groups excluding carboxylic acids is 1. The van der Waals surface area contributed by atoms with Crippen LogP contribution in [0.15, 0.2) is 59.7 Å². The molecule has 0 bridgehead atoms. The molecule has 1 N–H and O–H groups in total. The first-order valence-electron chi connectivity index (χ1n) is 7.17. The number of carbonyl (C=O) groups is 1. The summed E-state index contributed by atoms with van der Waals surface area (Å²) >= 11 is 1.58. The Bertz CT molecular complexity index is 636. The maximum atomic E-state index is 11.8. The summed E-state index contributed by atoms with van der Waals surface area (Å²) in [6.45, 7) is 3.93. The van der Waals surface area contributed by atoms with Crippen molar-refractivity contribution in [2.75, 3.05) is 5.75 Å². The lowest BCUT2D eigenvalue weighted by atomic mass is 10.1. The fourth-order valence-corrected chi connectivity index (χ4v) is 2.65. The van der Waals surface area contributed by atoms with Crippen molar-refractivity contribution in [1.82, 2.24) is 5.43 Å². The van der Waals surface area contributed by atoms with Gasteiger partial charge >= 0.3 is 0 Å². The summed E-state index contributed by atoms with van der Waals surface area (Å²) in [5.74, 6) is 1.15. The van der Waals surface area contributed by atoms with Crippen LogP contribution >= 0.6 is 11.8 Å². The Morgan fingerprint density at radius 1 is 1.09 bits per heavy atom. The van der Waals surface area contributed by atoms with Crippen LogP contribution in [0, 0.1) is 6.92 Å². The molecule has 2 aromatic rings. The summed E-state index contributed by atoms with van der Waals surface area (Å²) in [5.41, 5.74) is 6.86. The molecule has 0 radical (unpaired) electrons. The minimum Gasteiger partial charge on any atom is -0.272 e. The van der Waals surface area contributed by atoms with E-state index < -0.39 is 0 Å². The average Bonchev–Trinajstić information content (AvgIpc) is 2.54. The topological polar surface area (TPSA) is 41.5 Å². The standard InChI is InChI=1S/C18H20N2OS/c1-14-8-10-17(11-9-14)15(2)19-20-18(21)13-22-12-16-6-4-3-5-7-16/h3-11H,12-13H2,1-2H3,(H,20,21)/b19-15-. The fourth-order valence-electron chi connectivity index (χ4n) is 1.87. The summed E-state index contributed by atoms with van der Waals surface area (Å²) in [6.07, 6.45) is 0. The van der Waals surface area contributed by atoms with Crippen LogP contribution in [0.1, 0.15) is 23.6 Å². The van der Waals surface area contributed by atoms with E-state index in [-0.39, 0.29) is 5.91 Å². The lowest BCUT2D eigenvalue weighted by Gasteiger charge is -2.04. The molecule has 0 aliphatic rings. The highest BCUT2D eigenvalue weighted by Gasteiger charge is 2.02. The smallest absolute Gasteiger partial charge is 0.250 e. The fraction of sp³-hybridized carbons (Fsp3) is 0.222. The third-order valence-electron chi connectivity index (χ3n) is 3.16. The quantitative estimate of drug-likeness (QED) is 0.651. The molecule has 1 amide bonds. The molecule has 0 heterocycles. The Kier molecular flexibility index (Phi) is 6.22. The Morgan fingerprint density at radius 2 is 1.77 bits per heavy atom. The van der Waals surface area contributed by atoms with E-state index in [2.05, 4.69) is 22.7 Å².